The summed E-state index contributed by atoms with van der Waals surface area (Å²) in [5.74, 6) is 0.652. The van der Waals surface area contributed by atoms with Crippen molar-refractivity contribution in [3.05, 3.63) is 54.4 Å². The van der Waals surface area contributed by atoms with Gasteiger partial charge in [-0.25, -0.2) is 13.1 Å². The van der Waals surface area contributed by atoms with Gasteiger partial charge in [-0.15, -0.1) is 5.10 Å². The molecule has 2 aromatic carbocycles. The van der Waals surface area contributed by atoms with Gasteiger partial charge in [0.05, 0.1) is 17.7 Å². The van der Waals surface area contributed by atoms with Gasteiger partial charge >= 0.3 is 0 Å². The molecule has 0 bridgehead atoms. The quantitative estimate of drug-likeness (QED) is 0.757. The third kappa shape index (κ3) is 3.20. The molecule has 0 radical (unpaired) electrons. The maximum atomic E-state index is 12.5. The second kappa shape index (κ2) is 6.28. The van der Waals surface area contributed by atoms with Crippen LogP contribution in [0.15, 0.2) is 53.7 Å². The number of nitrogens with zero attached hydrogens (tertiary/aromatic N) is 4. The Labute approximate surface area is 139 Å². The summed E-state index contributed by atoms with van der Waals surface area (Å²) in [6, 6.07) is 11.4. The molecule has 0 atom stereocenters. The minimum Gasteiger partial charge on any atom is -0.497 e. The third-order valence-corrected chi connectivity index (χ3v) is 4.80. The molecule has 0 unspecified atom stereocenters. The molecule has 1 heterocycles. The molecule has 0 saturated carbocycles. The first-order valence-electron chi connectivity index (χ1n) is 7.00. The van der Waals surface area contributed by atoms with Gasteiger partial charge in [-0.2, -0.15) is 0 Å². The van der Waals surface area contributed by atoms with E-state index in [0.717, 1.165) is 5.56 Å². The summed E-state index contributed by atoms with van der Waals surface area (Å²) in [5.41, 5.74) is 1.90. The van der Waals surface area contributed by atoms with Crippen LogP contribution in [0.2, 0.25) is 0 Å². The van der Waals surface area contributed by atoms with Crippen molar-refractivity contribution in [2.45, 2.75) is 11.8 Å². The van der Waals surface area contributed by atoms with E-state index >= 15 is 0 Å². The summed E-state index contributed by atoms with van der Waals surface area (Å²) in [6.07, 6.45) is 1.45. The number of tetrazole rings is 1. The number of hydrogen-bond acceptors (Lipinski definition) is 6. The van der Waals surface area contributed by atoms with Gasteiger partial charge < -0.3 is 4.74 Å². The van der Waals surface area contributed by atoms with E-state index in [4.69, 9.17) is 4.74 Å². The van der Waals surface area contributed by atoms with E-state index in [1.807, 2.05) is 0 Å². The number of nitrogens with one attached hydrogen (secondary N) is 1. The molecule has 0 spiro atoms. The minimum atomic E-state index is -3.69. The van der Waals surface area contributed by atoms with Gasteiger partial charge in [0.15, 0.2) is 0 Å². The van der Waals surface area contributed by atoms with Crippen LogP contribution in [0.4, 0.5) is 5.69 Å². The van der Waals surface area contributed by atoms with Crippen LogP contribution >= 0.6 is 0 Å². The molecule has 124 valence electrons. The highest BCUT2D eigenvalue weighted by Gasteiger charge is 2.16. The van der Waals surface area contributed by atoms with E-state index < -0.39 is 10.0 Å². The molecule has 1 N–H and O–H groups in total. The van der Waals surface area contributed by atoms with Crippen LogP contribution < -0.4 is 9.46 Å². The maximum Gasteiger partial charge on any atom is 0.261 e. The Hall–Kier alpha value is -2.94. The van der Waals surface area contributed by atoms with Crippen LogP contribution in [0.25, 0.3) is 5.69 Å². The average molecular weight is 345 g/mol. The Morgan fingerprint density at radius 1 is 1.12 bits per heavy atom. The van der Waals surface area contributed by atoms with E-state index in [9.17, 15) is 8.42 Å². The lowest BCUT2D eigenvalue weighted by molar-refractivity contribution is 0.415. The highest BCUT2D eigenvalue weighted by Crippen LogP contribution is 2.22. The van der Waals surface area contributed by atoms with Crippen molar-refractivity contribution in [1.82, 2.24) is 20.2 Å². The molecular weight excluding hydrogens is 330 g/mol. The molecule has 8 nitrogen and oxygen atoms in total. The summed E-state index contributed by atoms with van der Waals surface area (Å²) < 4.78 is 34.1. The lowest BCUT2D eigenvalue weighted by Gasteiger charge is -2.11. The maximum absolute atomic E-state index is 12.5. The number of anilines is 1. The molecule has 1 aromatic heterocycles. The summed E-state index contributed by atoms with van der Waals surface area (Å²) >= 11 is 0. The van der Waals surface area contributed by atoms with Gasteiger partial charge in [-0.1, -0.05) is 0 Å². The summed E-state index contributed by atoms with van der Waals surface area (Å²) in [5, 5.41) is 10.9. The van der Waals surface area contributed by atoms with E-state index in [0.29, 0.717) is 17.1 Å². The fourth-order valence-electron chi connectivity index (χ4n) is 2.20. The molecule has 0 aliphatic rings. The van der Waals surface area contributed by atoms with E-state index in [1.165, 1.54) is 17.1 Å². The summed E-state index contributed by atoms with van der Waals surface area (Å²) in [4.78, 5) is 0.160. The number of aromatic nitrogens is 4. The first-order valence-corrected chi connectivity index (χ1v) is 8.49. The number of hydrogen-bond donors (Lipinski definition) is 1. The molecule has 0 fully saturated rings. The number of rotatable bonds is 5. The third-order valence-electron chi connectivity index (χ3n) is 3.42. The summed E-state index contributed by atoms with van der Waals surface area (Å²) in [6.45, 7) is 1.80. The van der Waals surface area contributed by atoms with Gasteiger partial charge in [0.1, 0.15) is 12.1 Å². The van der Waals surface area contributed by atoms with Gasteiger partial charge in [-0.3, -0.25) is 4.72 Å². The fraction of sp³-hybridized carbons (Fsp3) is 0.133. The van der Waals surface area contributed by atoms with Crippen LogP contribution in [-0.2, 0) is 10.0 Å². The lowest BCUT2D eigenvalue weighted by Crippen LogP contribution is -2.13. The second-order valence-electron chi connectivity index (χ2n) is 5.04. The van der Waals surface area contributed by atoms with Crippen molar-refractivity contribution >= 4 is 15.7 Å². The standard InChI is InChI=1S/C15H15N5O3S/c1-11-9-14(7-8-15(11)20-10-16-18-19-20)24(21,22)17-12-3-5-13(23-2)6-4-12/h3-10,17H,1-2H3. The molecule has 0 aliphatic carbocycles. The largest absolute Gasteiger partial charge is 0.497 e. The number of aryl methyl sites for hydroxylation is 1. The van der Waals surface area contributed by atoms with E-state index in [-0.39, 0.29) is 4.90 Å². The monoisotopic (exact) mass is 345 g/mol. The predicted molar refractivity (Wildman–Crippen MR) is 87.7 cm³/mol. The van der Waals surface area contributed by atoms with Crippen LogP contribution in [0.3, 0.4) is 0 Å². The zero-order valence-electron chi connectivity index (χ0n) is 13.0. The minimum absolute atomic E-state index is 0.160. The van der Waals surface area contributed by atoms with E-state index in [1.54, 1.807) is 50.4 Å². The molecule has 24 heavy (non-hydrogen) atoms. The fourth-order valence-corrected chi connectivity index (χ4v) is 3.34. The van der Waals surface area contributed by atoms with Crippen molar-refractivity contribution in [3.8, 4) is 11.4 Å². The molecule has 0 saturated heterocycles. The van der Waals surface area contributed by atoms with Crippen molar-refractivity contribution < 1.29 is 13.2 Å². The first kappa shape index (κ1) is 15.9. The highest BCUT2D eigenvalue weighted by molar-refractivity contribution is 7.92. The molecule has 0 amide bonds. The number of benzene rings is 2. The van der Waals surface area contributed by atoms with Gasteiger partial charge in [-0.05, 0) is 65.4 Å². The molecular formula is C15H15N5O3S. The zero-order valence-corrected chi connectivity index (χ0v) is 13.9. The Bertz CT molecular complexity index is 938. The molecule has 3 aromatic rings. The lowest BCUT2D eigenvalue weighted by atomic mass is 10.2. The second-order valence-corrected chi connectivity index (χ2v) is 6.72. The zero-order chi connectivity index (χ0) is 17.2. The smallest absolute Gasteiger partial charge is 0.261 e. The van der Waals surface area contributed by atoms with Gasteiger partial charge in [0.2, 0.25) is 0 Å². The molecule has 3 rings (SSSR count). The van der Waals surface area contributed by atoms with Gasteiger partial charge in [0, 0.05) is 5.69 Å². The van der Waals surface area contributed by atoms with Crippen molar-refractivity contribution in [3.63, 3.8) is 0 Å². The van der Waals surface area contributed by atoms with Crippen molar-refractivity contribution in [2.75, 3.05) is 11.8 Å². The van der Waals surface area contributed by atoms with Crippen LogP contribution in [0, 0.1) is 6.92 Å². The van der Waals surface area contributed by atoms with Crippen molar-refractivity contribution in [2.24, 2.45) is 0 Å². The molecule has 9 heteroatoms. The van der Waals surface area contributed by atoms with E-state index in [2.05, 4.69) is 20.2 Å². The predicted octanol–water partition coefficient (Wildman–Crippen LogP) is 1.78. The molecule has 0 aliphatic heterocycles. The SMILES string of the molecule is COc1ccc(NS(=O)(=O)c2ccc(-n3cnnn3)c(C)c2)cc1. The average Bonchev–Trinajstić information content (AvgIpc) is 3.09. The van der Waals surface area contributed by atoms with Crippen LogP contribution in [0.5, 0.6) is 5.75 Å². The number of ether oxygens (including phenoxy) is 1. The Morgan fingerprint density at radius 3 is 2.46 bits per heavy atom. The van der Waals surface area contributed by atoms with Crippen LogP contribution in [0.1, 0.15) is 5.56 Å². The van der Waals surface area contributed by atoms with Crippen molar-refractivity contribution in [1.29, 1.82) is 0 Å². The Morgan fingerprint density at radius 2 is 1.88 bits per heavy atom. The normalized spacial score (nSPS) is 11.2. The number of sulfonamides is 1. The highest BCUT2D eigenvalue weighted by atomic mass is 32.2. The van der Waals surface area contributed by atoms with Gasteiger partial charge in [0.25, 0.3) is 10.0 Å². The number of methoxy groups -OCH3 is 1. The summed E-state index contributed by atoms with van der Waals surface area (Å²) in [7, 11) is -2.14. The Kier molecular flexibility index (Phi) is 4.17. The van der Waals surface area contributed by atoms with Crippen LogP contribution in [-0.4, -0.2) is 35.7 Å². The Balaban J connectivity index is 1.87. The topological polar surface area (TPSA) is 99.0 Å². The first-order chi connectivity index (χ1) is 11.5.